The quantitative estimate of drug-likeness (QED) is 0.524. The second-order valence-corrected chi connectivity index (χ2v) is 8.81. The van der Waals surface area contributed by atoms with Gasteiger partial charge in [0.2, 0.25) is 5.91 Å². The Bertz CT molecular complexity index is 779. The van der Waals surface area contributed by atoms with E-state index < -0.39 is 18.1 Å². The zero-order valence-electron chi connectivity index (χ0n) is 20.1. The first-order valence-corrected chi connectivity index (χ1v) is 11.8. The summed E-state index contributed by atoms with van der Waals surface area (Å²) in [5, 5.41) is 2.75. The number of para-hydroxylation sites is 1. The van der Waals surface area contributed by atoms with Gasteiger partial charge in [0.15, 0.2) is 6.10 Å². The SMILES string of the molecule is CCC(Oc1ccccc1C(C)CC)C(=O)N1CCNC(=O)C1CC(=O)OCCC(C)C. The van der Waals surface area contributed by atoms with Gasteiger partial charge in [-0.3, -0.25) is 14.4 Å². The number of rotatable bonds is 11. The lowest BCUT2D eigenvalue weighted by Gasteiger charge is -2.36. The first-order chi connectivity index (χ1) is 15.3. The number of benzene rings is 1. The highest BCUT2D eigenvalue weighted by molar-refractivity contribution is 5.93. The highest BCUT2D eigenvalue weighted by atomic mass is 16.5. The first-order valence-electron chi connectivity index (χ1n) is 11.8. The lowest BCUT2D eigenvalue weighted by Crippen LogP contribution is -2.60. The Morgan fingerprint density at radius 2 is 1.88 bits per heavy atom. The molecule has 2 rings (SSSR count). The van der Waals surface area contributed by atoms with Crippen LogP contribution in [-0.2, 0) is 19.1 Å². The number of carbonyl (C=O) groups is 3. The number of hydrogen-bond donors (Lipinski definition) is 1. The number of amides is 2. The van der Waals surface area contributed by atoms with Crippen molar-refractivity contribution in [2.75, 3.05) is 19.7 Å². The summed E-state index contributed by atoms with van der Waals surface area (Å²) in [5.74, 6) is 0.323. The average molecular weight is 447 g/mol. The number of carbonyl (C=O) groups excluding carboxylic acids is 3. The zero-order chi connectivity index (χ0) is 23.7. The molecule has 0 spiro atoms. The second kappa shape index (κ2) is 12.5. The van der Waals surface area contributed by atoms with E-state index in [4.69, 9.17) is 9.47 Å². The van der Waals surface area contributed by atoms with Gasteiger partial charge >= 0.3 is 5.97 Å². The molecule has 0 saturated carbocycles. The molecule has 1 saturated heterocycles. The summed E-state index contributed by atoms with van der Waals surface area (Å²) >= 11 is 0. The molecule has 7 nitrogen and oxygen atoms in total. The third kappa shape index (κ3) is 6.97. The van der Waals surface area contributed by atoms with Gasteiger partial charge in [-0.05, 0) is 42.7 Å². The van der Waals surface area contributed by atoms with Crippen LogP contribution in [0.3, 0.4) is 0 Å². The summed E-state index contributed by atoms with van der Waals surface area (Å²) in [6, 6.07) is 6.87. The van der Waals surface area contributed by atoms with Gasteiger partial charge in [-0.15, -0.1) is 0 Å². The standard InChI is InChI=1S/C25H38N2O5/c1-6-18(5)19-10-8-9-11-22(19)32-21(7-2)25(30)27-14-13-26-24(29)20(27)16-23(28)31-15-12-17(3)4/h8-11,17-18,20-21H,6-7,12-16H2,1-5H3,(H,26,29). The topological polar surface area (TPSA) is 84.9 Å². The normalized spacial score (nSPS) is 18.1. The lowest BCUT2D eigenvalue weighted by atomic mass is 9.97. The Kier molecular flexibility index (Phi) is 10.0. The summed E-state index contributed by atoms with van der Waals surface area (Å²) < 4.78 is 11.5. The fraction of sp³-hybridized carbons (Fsp3) is 0.640. The van der Waals surface area contributed by atoms with E-state index in [2.05, 4.69) is 19.2 Å². The lowest BCUT2D eigenvalue weighted by molar-refractivity contribution is -0.154. The van der Waals surface area contributed by atoms with Crippen LogP contribution < -0.4 is 10.1 Å². The summed E-state index contributed by atoms with van der Waals surface area (Å²) in [5.41, 5.74) is 1.06. The van der Waals surface area contributed by atoms with Crippen LogP contribution in [0.5, 0.6) is 5.75 Å². The Labute approximate surface area is 191 Å². The molecule has 3 unspecified atom stereocenters. The predicted octanol–water partition coefficient (Wildman–Crippen LogP) is 3.66. The Morgan fingerprint density at radius 1 is 1.16 bits per heavy atom. The second-order valence-electron chi connectivity index (χ2n) is 8.81. The van der Waals surface area contributed by atoms with Crippen molar-refractivity contribution in [1.82, 2.24) is 10.2 Å². The molecule has 32 heavy (non-hydrogen) atoms. The van der Waals surface area contributed by atoms with Gasteiger partial charge in [-0.1, -0.05) is 52.8 Å². The van der Waals surface area contributed by atoms with Crippen molar-refractivity contribution >= 4 is 17.8 Å². The fourth-order valence-electron chi connectivity index (χ4n) is 3.67. The summed E-state index contributed by atoms with van der Waals surface area (Å²) in [7, 11) is 0. The molecule has 1 fully saturated rings. The van der Waals surface area contributed by atoms with E-state index in [0.717, 1.165) is 18.4 Å². The van der Waals surface area contributed by atoms with Gasteiger partial charge in [0.1, 0.15) is 11.8 Å². The molecule has 1 heterocycles. The molecule has 1 aromatic carbocycles. The summed E-state index contributed by atoms with van der Waals surface area (Å²) in [6.07, 6.45) is 1.28. The van der Waals surface area contributed by atoms with Crippen LogP contribution in [0.25, 0.3) is 0 Å². The molecule has 1 N–H and O–H groups in total. The van der Waals surface area contributed by atoms with E-state index in [-0.39, 0.29) is 18.2 Å². The van der Waals surface area contributed by atoms with Gasteiger partial charge in [-0.2, -0.15) is 0 Å². The first kappa shape index (κ1) is 25.7. The van der Waals surface area contributed by atoms with Gasteiger partial charge in [0.25, 0.3) is 5.91 Å². The predicted molar refractivity (Wildman–Crippen MR) is 123 cm³/mol. The van der Waals surface area contributed by atoms with Crippen molar-refractivity contribution in [1.29, 1.82) is 0 Å². The number of nitrogens with one attached hydrogen (secondary N) is 1. The van der Waals surface area contributed by atoms with E-state index in [0.29, 0.717) is 43.7 Å². The molecule has 0 radical (unpaired) electrons. The Balaban J connectivity index is 2.13. The van der Waals surface area contributed by atoms with Crippen molar-refractivity contribution in [3.05, 3.63) is 29.8 Å². The number of nitrogens with zero attached hydrogens (tertiary/aromatic N) is 1. The van der Waals surface area contributed by atoms with Crippen molar-refractivity contribution in [2.24, 2.45) is 5.92 Å². The molecular weight excluding hydrogens is 408 g/mol. The van der Waals surface area contributed by atoms with Gasteiger partial charge < -0.3 is 19.7 Å². The van der Waals surface area contributed by atoms with Crippen molar-refractivity contribution in [2.45, 2.75) is 78.4 Å². The molecule has 0 aliphatic carbocycles. The number of esters is 1. The largest absolute Gasteiger partial charge is 0.480 e. The molecule has 178 valence electrons. The molecule has 7 heteroatoms. The zero-order valence-corrected chi connectivity index (χ0v) is 20.1. The van der Waals surface area contributed by atoms with Gasteiger partial charge in [0.05, 0.1) is 13.0 Å². The van der Waals surface area contributed by atoms with Crippen molar-refractivity contribution < 1.29 is 23.9 Å². The number of piperazine rings is 1. The molecule has 1 aromatic rings. The van der Waals surface area contributed by atoms with E-state index in [1.807, 2.05) is 45.0 Å². The highest BCUT2D eigenvalue weighted by Crippen LogP contribution is 2.30. The third-order valence-corrected chi connectivity index (χ3v) is 5.91. The molecule has 3 atom stereocenters. The Hall–Kier alpha value is -2.57. The maximum Gasteiger partial charge on any atom is 0.308 e. The van der Waals surface area contributed by atoms with Crippen molar-refractivity contribution in [3.8, 4) is 5.75 Å². The minimum absolute atomic E-state index is 0.157. The van der Waals surface area contributed by atoms with Crippen LogP contribution in [0.4, 0.5) is 0 Å². The molecule has 1 aliphatic rings. The Morgan fingerprint density at radius 3 is 2.53 bits per heavy atom. The smallest absolute Gasteiger partial charge is 0.308 e. The van der Waals surface area contributed by atoms with Crippen molar-refractivity contribution in [3.63, 3.8) is 0 Å². The third-order valence-electron chi connectivity index (χ3n) is 5.91. The molecule has 1 aliphatic heterocycles. The molecule has 0 bridgehead atoms. The fourth-order valence-corrected chi connectivity index (χ4v) is 3.67. The monoisotopic (exact) mass is 446 g/mol. The average Bonchev–Trinajstić information content (AvgIpc) is 2.77. The van der Waals surface area contributed by atoms with Crippen LogP contribution >= 0.6 is 0 Å². The van der Waals surface area contributed by atoms with Crippen LogP contribution in [0.1, 0.15) is 71.8 Å². The van der Waals surface area contributed by atoms with E-state index >= 15 is 0 Å². The number of ether oxygens (including phenoxy) is 2. The summed E-state index contributed by atoms with van der Waals surface area (Å²) in [4.78, 5) is 39.7. The van der Waals surface area contributed by atoms with E-state index in [9.17, 15) is 14.4 Å². The van der Waals surface area contributed by atoms with Crippen LogP contribution in [-0.4, -0.2) is 54.5 Å². The minimum Gasteiger partial charge on any atom is -0.480 e. The highest BCUT2D eigenvalue weighted by Gasteiger charge is 2.38. The maximum atomic E-state index is 13.4. The van der Waals surface area contributed by atoms with E-state index in [1.165, 1.54) is 4.90 Å². The summed E-state index contributed by atoms with van der Waals surface area (Å²) in [6.45, 7) is 11.2. The van der Waals surface area contributed by atoms with Crippen LogP contribution in [0.15, 0.2) is 24.3 Å². The van der Waals surface area contributed by atoms with Gasteiger partial charge in [-0.25, -0.2) is 0 Å². The van der Waals surface area contributed by atoms with Crippen LogP contribution in [0, 0.1) is 5.92 Å². The molecular formula is C25H38N2O5. The minimum atomic E-state index is -0.884. The molecule has 0 aromatic heterocycles. The van der Waals surface area contributed by atoms with Gasteiger partial charge in [0, 0.05) is 13.1 Å². The van der Waals surface area contributed by atoms with Crippen LogP contribution in [0.2, 0.25) is 0 Å². The molecule has 2 amide bonds. The number of hydrogen-bond acceptors (Lipinski definition) is 5. The maximum absolute atomic E-state index is 13.4. The van der Waals surface area contributed by atoms with E-state index in [1.54, 1.807) is 0 Å².